The highest BCUT2D eigenvalue weighted by molar-refractivity contribution is 5.96. The van der Waals surface area contributed by atoms with Crippen LogP contribution in [0.2, 0.25) is 0 Å². The molecule has 10 heteroatoms. The Bertz CT molecular complexity index is 581. The average molecular weight is 294 g/mol. The predicted octanol–water partition coefficient (Wildman–Crippen LogP) is -0.431. The zero-order chi connectivity index (χ0) is 15.5. The number of H-pyrrole nitrogens is 1. The van der Waals surface area contributed by atoms with Gasteiger partial charge in [-0.15, -0.1) is 0 Å². The van der Waals surface area contributed by atoms with Gasteiger partial charge in [-0.3, -0.25) is 9.59 Å². The number of carbonyl (C=O) groups is 2. The normalized spacial score (nSPS) is 12.8. The summed E-state index contributed by atoms with van der Waals surface area (Å²) in [6, 6.07) is -0.567. The first-order chi connectivity index (χ1) is 9.16. The molecule has 110 valence electrons. The largest absolute Gasteiger partial charge is 0.480 e. The van der Waals surface area contributed by atoms with Gasteiger partial charge in [0, 0.05) is 0 Å². The number of aliphatic carboxylic acids is 1. The van der Waals surface area contributed by atoms with Crippen LogP contribution in [0.3, 0.4) is 0 Å². The molecule has 0 aliphatic carbocycles. The van der Waals surface area contributed by atoms with Crippen molar-refractivity contribution in [3.8, 4) is 0 Å². The first-order valence-electron chi connectivity index (χ1n) is 5.12. The van der Waals surface area contributed by atoms with Crippen molar-refractivity contribution in [3.63, 3.8) is 0 Å². The van der Waals surface area contributed by atoms with Crippen LogP contribution in [0.25, 0.3) is 0 Å². The van der Waals surface area contributed by atoms with Crippen molar-refractivity contribution in [2.24, 2.45) is 0 Å². The first-order valence-corrected chi connectivity index (χ1v) is 5.12. The summed E-state index contributed by atoms with van der Waals surface area (Å²) in [7, 11) is 0. The number of aliphatic hydroxyl groups excluding tert-OH is 1. The van der Waals surface area contributed by atoms with E-state index >= 15 is 0 Å². The van der Waals surface area contributed by atoms with Gasteiger partial charge in [-0.1, -0.05) is 0 Å². The van der Waals surface area contributed by atoms with Crippen LogP contribution in [0.1, 0.15) is 16.1 Å². The maximum Gasteiger partial charge on any atom is 0.431 e. The monoisotopic (exact) mass is 294 g/mol. The molecule has 0 spiro atoms. The number of aromatic amines is 1. The third-order valence-electron chi connectivity index (χ3n) is 2.25. The minimum Gasteiger partial charge on any atom is -0.480 e. The molecule has 1 atom stereocenters. The second-order valence-corrected chi connectivity index (χ2v) is 3.66. The van der Waals surface area contributed by atoms with Crippen LogP contribution in [0, 0.1) is 0 Å². The third-order valence-corrected chi connectivity index (χ3v) is 2.25. The minimum absolute atomic E-state index is 0.477. The van der Waals surface area contributed by atoms with E-state index in [0.717, 1.165) is 0 Å². The van der Waals surface area contributed by atoms with Crippen LogP contribution >= 0.6 is 0 Å². The molecule has 1 amide bonds. The Hall–Kier alpha value is -2.36. The molecule has 20 heavy (non-hydrogen) atoms. The quantitative estimate of drug-likeness (QED) is 0.600. The van der Waals surface area contributed by atoms with Gasteiger partial charge in [-0.25, -0.2) is 4.79 Å². The number of nitrogens with one attached hydrogen (secondary N) is 2. The molecule has 0 bridgehead atoms. The van der Waals surface area contributed by atoms with Gasteiger partial charge in [0.25, 0.3) is 11.5 Å². The van der Waals surface area contributed by atoms with E-state index in [1.54, 1.807) is 5.32 Å². The van der Waals surface area contributed by atoms with Crippen molar-refractivity contribution in [1.29, 1.82) is 0 Å². The molecule has 0 aromatic carbocycles. The number of halogens is 3. The lowest BCUT2D eigenvalue weighted by Crippen LogP contribution is -2.44. The van der Waals surface area contributed by atoms with Crippen LogP contribution in [-0.2, 0) is 11.0 Å². The second-order valence-electron chi connectivity index (χ2n) is 3.66. The first kappa shape index (κ1) is 15.7. The van der Waals surface area contributed by atoms with E-state index in [2.05, 4.69) is 0 Å². The summed E-state index contributed by atoms with van der Waals surface area (Å²) in [6.45, 7) is -0.931. The summed E-state index contributed by atoms with van der Waals surface area (Å²) in [5.74, 6) is -2.76. The van der Waals surface area contributed by atoms with E-state index in [1.807, 2.05) is 0 Å². The van der Waals surface area contributed by atoms with Gasteiger partial charge < -0.3 is 20.5 Å². The molecule has 0 aliphatic rings. The number of carboxylic acid groups (broad SMARTS) is 1. The number of rotatable bonds is 4. The molecular formula is C10H9F3N2O5. The fourth-order valence-corrected chi connectivity index (χ4v) is 1.24. The number of hydrogen-bond donors (Lipinski definition) is 4. The van der Waals surface area contributed by atoms with Crippen molar-refractivity contribution in [1.82, 2.24) is 10.3 Å². The molecule has 0 saturated heterocycles. The van der Waals surface area contributed by atoms with E-state index in [9.17, 15) is 27.6 Å². The van der Waals surface area contributed by atoms with E-state index in [4.69, 9.17) is 10.2 Å². The smallest absolute Gasteiger partial charge is 0.431 e. The summed E-state index contributed by atoms with van der Waals surface area (Å²) in [6.07, 6.45) is -4.77. The fraction of sp³-hybridized carbons (Fsp3) is 0.300. The highest BCUT2D eigenvalue weighted by atomic mass is 19.4. The summed E-state index contributed by atoms with van der Waals surface area (Å²) in [5.41, 5.74) is -3.35. The van der Waals surface area contributed by atoms with Crippen LogP contribution in [0.4, 0.5) is 13.2 Å². The molecule has 0 saturated carbocycles. The van der Waals surface area contributed by atoms with Crippen molar-refractivity contribution in [2.75, 3.05) is 6.61 Å². The lowest BCUT2D eigenvalue weighted by Gasteiger charge is -2.11. The van der Waals surface area contributed by atoms with Crippen LogP contribution in [0.5, 0.6) is 0 Å². The molecule has 1 aromatic heterocycles. The number of alkyl halides is 3. The van der Waals surface area contributed by atoms with E-state index < -0.39 is 47.5 Å². The minimum atomic E-state index is -4.77. The maximum atomic E-state index is 12.3. The number of hydrogen-bond acceptors (Lipinski definition) is 4. The van der Waals surface area contributed by atoms with Gasteiger partial charge in [0.2, 0.25) is 0 Å². The Morgan fingerprint density at radius 2 is 1.95 bits per heavy atom. The van der Waals surface area contributed by atoms with Gasteiger partial charge in [-0.2, -0.15) is 13.2 Å². The van der Waals surface area contributed by atoms with Crippen molar-refractivity contribution in [2.45, 2.75) is 12.2 Å². The number of carboxylic acids is 1. The summed E-state index contributed by atoms with van der Waals surface area (Å²) >= 11 is 0. The molecule has 4 N–H and O–H groups in total. The lowest BCUT2D eigenvalue weighted by atomic mass is 10.2. The van der Waals surface area contributed by atoms with E-state index in [0.29, 0.717) is 12.1 Å². The van der Waals surface area contributed by atoms with Crippen LogP contribution in [-0.4, -0.2) is 39.7 Å². The van der Waals surface area contributed by atoms with Gasteiger partial charge >= 0.3 is 12.1 Å². The third kappa shape index (κ3) is 3.57. The fourth-order valence-electron chi connectivity index (χ4n) is 1.24. The lowest BCUT2D eigenvalue weighted by molar-refractivity contribution is -0.141. The Kier molecular flexibility index (Phi) is 4.50. The molecule has 0 aliphatic heterocycles. The molecule has 1 unspecified atom stereocenters. The van der Waals surface area contributed by atoms with Crippen LogP contribution < -0.4 is 10.9 Å². The SMILES string of the molecule is O=C(NC(CO)C(=O)O)c1ccc(C(F)(F)F)[nH]c1=O. The molecule has 1 heterocycles. The molecule has 0 radical (unpaired) electrons. The summed E-state index contributed by atoms with van der Waals surface area (Å²) < 4.78 is 36.9. The van der Waals surface area contributed by atoms with Gasteiger partial charge in [-0.05, 0) is 12.1 Å². The van der Waals surface area contributed by atoms with Crippen molar-refractivity contribution in [3.05, 3.63) is 33.7 Å². The Morgan fingerprint density at radius 1 is 1.35 bits per heavy atom. The van der Waals surface area contributed by atoms with Gasteiger partial charge in [0.1, 0.15) is 11.3 Å². The number of aromatic nitrogens is 1. The zero-order valence-electron chi connectivity index (χ0n) is 9.69. The topological polar surface area (TPSA) is 119 Å². The Balaban J connectivity index is 3.01. The zero-order valence-corrected chi connectivity index (χ0v) is 9.69. The van der Waals surface area contributed by atoms with E-state index in [1.165, 1.54) is 4.98 Å². The standard InChI is InChI=1S/C10H9F3N2O5/c11-10(12,13)6-2-1-4(8(18)15-6)7(17)14-5(3-16)9(19)20/h1-2,5,16H,3H2,(H,14,17)(H,15,18)(H,19,20). The van der Waals surface area contributed by atoms with Crippen molar-refractivity contribution < 1.29 is 33.0 Å². The average Bonchev–Trinajstić information content (AvgIpc) is 2.33. The molecule has 1 aromatic rings. The number of amides is 1. The molecule has 0 fully saturated rings. The van der Waals surface area contributed by atoms with Crippen LogP contribution in [0.15, 0.2) is 16.9 Å². The van der Waals surface area contributed by atoms with Crippen molar-refractivity contribution >= 4 is 11.9 Å². The second kappa shape index (κ2) is 5.74. The number of carbonyl (C=O) groups excluding carboxylic acids is 1. The predicted molar refractivity (Wildman–Crippen MR) is 58.0 cm³/mol. The molecule has 1 rings (SSSR count). The summed E-state index contributed by atoms with van der Waals surface area (Å²) in [5, 5.41) is 19.1. The number of pyridine rings is 1. The maximum absolute atomic E-state index is 12.3. The number of aliphatic hydroxyl groups is 1. The molecule has 7 nitrogen and oxygen atoms in total. The van der Waals surface area contributed by atoms with E-state index in [-0.39, 0.29) is 0 Å². The summed E-state index contributed by atoms with van der Waals surface area (Å²) in [4.78, 5) is 34.9. The Labute approximate surface area is 109 Å². The Morgan fingerprint density at radius 3 is 2.35 bits per heavy atom. The molecular weight excluding hydrogens is 285 g/mol. The highest BCUT2D eigenvalue weighted by Crippen LogP contribution is 2.26. The van der Waals surface area contributed by atoms with Gasteiger partial charge in [0.05, 0.1) is 6.61 Å². The highest BCUT2D eigenvalue weighted by Gasteiger charge is 2.32. The van der Waals surface area contributed by atoms with Gasteiger partial charge in [0.15, 0.2) is 6.04 Å².